The van der Waals surface area contributed by atoms with Crippen LogP contribution in [0.2, 0.25) is 0 Å². The number of amides is 1. The van der Waals surface area contributed by atoms with Crippen LogP contribution < -0.4 is 5.32 Å². The number of aryl methyl sites for hydroxylation is 1. The number of nitrogens with zero attached hydrogens (tertiary/aromatic N) is 3. The molecule has 0 bridgehead atoms. The molecule has 1 aliphatic rings. The highest BCUT2D eigenvalue weighted by Gasteiger charge is 2.23. The van der Waals surface area contributed by atoms with Gasteiger partial charge in [-0.25, -0.2) is 0 Å². The molecule has 2 aromatic heterocycles. The summed E-state index contributed by atoms with van der Waals surface area (Å²) in [5, 5.41) is 7.84. The third-order valence-corrected chi connectivity index (χ3v) is 4.46. The Balaban J connectivity index is 1.37. The summed E-state index contributed by atoms with van der Waals surface area (Å²) in [5.74, 6) is 1.02. The third-order valence-electron chi connectivity index (χ3n) is 4.46. The zero-order chi connectivity index (χ0) is 17.2. The number of aromatic nitrogens is 3. The van der Waals surface area contributed by atoms with E-state index in [1.165, 1.54) is 0 Å². The van der Waals surface area contributed by atoms with Crippen LogP contribution in [0.5, 0.6) is 0 Å². The van der Waals surface area contributed by atoms with Crippen molar-refractivity contribution in [2.24, 2.45) is 7.05 Å². The van der Waals surface area contributed by atoms with Gasteiger partial charge in [0.15, 0.2) is 5.82 Å². The van der Waals surface area contributed by atoms with Gasteiger partial charge in [-0.15, -0.1) is 0 Å². The quantitative estimate of drug-likeness (QED) is 0.771. The highest BCUT2D eigenvalue weighted by molar-refractivity contribution is 6.06. The van der Waals surface area contributed by atoms with E-state index in [-0.39, 0.29) is 12.0 Å². The fraction of sp³-hybridized carbons (Fsp3) is 0.389. The standard InChI is InChI=1S/C18H20N4O3/c1-22-11-13(12-5-2-3-6-14(12)22)17(23)19-9-8-16-20-18(25-21-16)15-7-4-10-24-15/h2-3,5-6,11,15H,4,7-10H2,1H3,(H,19,23). The number of para-hydroxylation sites is 1. The summed E-state index contributed by atoms with van der Waals surface area (Å²) >= 11 is 0. The Bertz CT molecular complexity index is 893. The largest absolute Gasteiger partial charge is 0.368 e. The van der Waals surface area contributed by atoms with Crippen molar-refractivity contribution in [1.29, 1.82) is 0 Å². The van der Waals surface area contributed by atoms with Gasteiger partial charge < -0.3 is 19.1 Å². The summed E-state index contributed by atoms with van der Waals surface area (Å²) in [6.07, 6.45) is 4.23. The number of rotatable bonds is 5. The average Bonchev–Trinajstić information content (AvgIpc) is 3.35. The molecule has 0 radical (unpaired) electrons. The van der Waals surface area contributed by atoms with Crippen molar-refractivity contribution in [2.45, 2.75) is 25.4 Å². The van der Waals surface area contributed by atoms with Crippen molar-refractivity contribution in [3.05, 3.63) is 47.7 Å². The van der Waals surface area contributed by atoms with Crippen molar-refractivity contribution >= 4 is 16.8 Å². The molecule has 1 aromatic carbocycles. The maximum atomic E-state index is 12.5. The van der Waals surface area contributed by atoms with E-state index in [0.717, 1.165) is 30.4 Å². The SMILES string of the molecule is Cn1cc(C(=O)NCCc2noc(C3CCCO3)n2)c2ccccc21. The van der Waals surface area contributed by atoms with E-state index in [9.17, 15) is 4.79 Å². The summed E-state index contributed by atoms with van der Waals surface area (Å²) in [6.45, 7) is 1.19. The molecule has 1 aliphatic heterocycles. The average molecular weight is 340 g/mol. The van der Waals surface area contributed by atoms with Gasteiger partial charge >= 0.3 is 0 Å². The van der Waals surface area contributed by atoms with Gasteiger partial charge in [-0.1, -0.05) is 23.4 Å². The predicted octanol–water partition coefficient (Wildman–Crippen LogP) is 2.39. The monoisotopic (exact) mass is 340 g/mol. The highest BCUT2D eigenvalue weighted by atomic mass is 16.5. The highest BCUT2D eigenvalue weighted by Crippen LogP contribution is 2.26. The normalized spacial score (nSPS) is 17.2. The maximum Gasteiger partial charge on any atom is 0.255 e. The molecule has 25 heavy (non-hydrogen) atoms. The van der Waals surface area contributed by atoms with Crippen LogP contribution in [0.1, 0.15) is 41.0 Å². The number of ether oxygens (including phenoxy) is 1. The molecule has 7 nitrogen and oxygen atoms in total. The van der Waals surface area contributed by atoms with Crippen LogP contribution in [0.3, 0.4) is 0 Å². The Kier molecular flexibility index (Phi) is 4.23. The minimum Gasteiger partial charge on any atom is -0.368 e. The van der Waals surface area contributed by atoms with Crippen LogP contribution in [0, 0.1) is 0 Å². The maximum absolute atomic E-state index is 12.5. The summed E-state index contributed by atoms with van der Waals surface area (Å²) in [7, 11) is 1.94. The molecule has 1 fully saturated rings. The minimum atomic E-state index is -0.0976. The Labute approximate surface area is 145 Å². The molecule has 1 N–H and O–H groups in total. The summed E-state index contributed by atoms with van der Waals surface area (Å²) in [5.41, 5.74) is 1.71. The number of hydrogen-bond donors (Lipinski definition) is 1. The van der Waals surface area contributed by atoms with Crippen LogP contribution in [0.15, 0.2) is 35.0 Å². The second-order valence-corrected chi connectivity index (χ2v) is 6.23. The molecule has 0 aliphatic carbocycles. The van der Waals surface area contributed by atoms with E-state index in [4.69, 9.17) is 9.26 Å². The first-order valence-electron chi connectivity index (χ1n) is 8.49. The Hall–Kier alpha value is -2.67. The van der Waals surface area contributed by atoms with E-state index >= 15 is 0 Å². The first-order valence-corrected chi connectivity index (χ1v) is 8.49. The van der Waals surface area contributed by atoms with Crippen molar-refractivity contribution in [2.75, 3.05) is 13.2 Å². The lowest BCUT2D eigenvalue weighted by atomic mass is 10.1. The molecule has 1 unspecified atom stereocenters. The zero-order valence-electron chi connectivity index (χ0n) is 14.1. The lowest BCUT2D eigenvalue weighted by Crippen LogP contribution is -2.25. The number of fused-ring (bicyclic) bond motifs is 1. The zero-order valence-corrected chi connectivity index (χ0v) is 14.1. The molecule has 3 heterocycles. The van der Waals surface area contributed by atoms with E-state index in [2.05, 4.69) is 15.5 Å². The Morgan fingerprint density at radius 2 is 2.28 bits per heavy atom. The molecule has 1 amide bonds. The number of carbonyl (C=O) groups excluding carboxylic acids is 1. The molecule has 0 spiro atoms. The Morgan fingerprint density at radius 3 is 3.12 bits per heavy atom. The van der Waals surface area contributed by atoms with Gasteiger partial charge in [-0.05, 0) is 18.9 Å². The molecular formula is C18H20N4O3. The van der Waals surface area contributed by atoms with E-state index in [1.54, 1.807) is 0 Å². The lowest BCUT2D eigenvalue weighted by molar-refractivity contribution is 0.0835. The van der Waals surface area contributed by atoms with Crippen LogP contribution in [-0.4, -0.2) is 33.8 Å². The first kappa shape index (κ1) is 15.8. The van der Waals surface area contributed by atoms with E-state index < -0.39 is 0 Å². The van der Waals surface area contributed by atoms with Crippen LogP contribution in [0.25, 0.3) is 10.9 Å². The molecule has 1 atom stereocenters. The topological polar surface area (TPSA) is 82.2 Å². The van der Waals surface area contributed by atoms with Crippen LogP contribution in [-0.2, 0) is 18.2 Å². The number of hydrogen-bond acceptors (Lipinski definition) is 5. The number of benzene rings is 1. The summed E-state index contributed by atoms with van der Waals surface area (Å²) < 4.78 is 12.7. The summed E-state index contributed by atoms with van der Waals surface area (Å²) in [6, 6.07) is 7.85. The first-order chi connectivity index (χ1) is 12.2. The van der Waals surface area contributed by atoms with Crippen molar-refractivity contribution in [1.82, 2.24) is 20.0 Å². The molecule has 0 saturated carbocycles. The van der Waals surface area contributed by atoms with Gasteiger partial charge in [0.05, 0.1) is 5.56 Å². The van der Waals surface area contributed by atoms with Crippen molar-refractivity contribution < 1.29 is 14.1 Å². The van der Waals surface area contributed by atoms with Crippen LogP contribution >= 0.6 is 0 Å². The molecule has 1 saturated heterocycles. The molecule has 4 rings (SSSR count). The molecular weight excluding hydrogens is 320 g/mol. The fourth-order valence-corrected chi connectivity index (χ4v) is 3.18. The molecule has 130 valence electrons. The number of nitrogens with one attached hydrogen (secondary N) is 1. The Morgan fingerprint density at radius 1 is 1.40 bits per heavy atom. The van der Waals surface area contributed by atoms with Crippen molar-refractivity contribution in [3.63, 3.8) is 0 Å². The number of carbonyl (C=O) groups is 1. The van der Waals surface area contributed by atoms with E-state index in [1.807, 2.05) is 42.1 Å². The minimum absolute atomic E-state index is 0.0773. The lowest BCUT2D eigenvalue weighted by Gasteiger charge is -2.02. The smallest absolute Gasteiger partial charge is 0.255 e. The van der Waals surface area contributed by atoms with Gasteiger partial charge in [-0.2, -0.15) is 4.98 Å². The fourth-order valence-electron chi connectivity index (χ4n) is 3.18. The molecule has 7 heteroatoms. The second-order valence-electron chi connectivity index (χ2n) is 6.23. The van der Waals surface area contributed by atoms with Gasteiger partial charge in [-0.3, -0.25) is 4.79 Å². The van der Waals surface area contributed by atoms with Crippen molar-refractivity contribution in [3.8, 4) is 0 Å². The van der Waals surface area contributed by atoms with E-state index in [0.29, 0.717) is 30.2 Å². The van der Waals surface area contributed by atoms with Crippen LogP contribution in [0.4, 0.5) is 0 Å². The second kappa shape index (κ2) is 6.68. The van der Waals surface area contributed by atoms with Gasteiger partial charge in [0.25, 0.3) is 11.8 Å². The van der Waals surface area contributed by atoms with Gasteiger partial charge in [0, 0.05) is 43.7 Å². The van der Waals surface area contributed by atoms with Gasteiger partial charge in [0.1, 0.15) is 6.10 Å². The van der Waals surface area contributed by atoms with Gasteiger partial charge in [0.2, 0.25) is 0 Å². The molecule has 3 aromatic rings. The third kappa shape index (κ3) is 3.15. The summed E-state index contributed by atoms with van der Waals surface area (Å²) in [4.78, 5) is 16.8. The predicted molar refractivity (Wildman–Crippen MR) is 91.2 cm³/mol.